The monoisotopic (exact) mass is 437 g/mol. The van der Waals surface area contributed by atoms with Gasteiger partial charge in [0, 0.05) is 59.1 Å². The normalized spacial score (nSPS) is 19.3. The van der Waals surface area contributed by atoms with E-state index in [1.165, 1.54) is 22.9 Å². The first-order chi connectivity index (χ1) is 10.2. The summed E-state index contributed by atoms with van der Waals surface area (Å²) in [5.41, 5.74) is 3.44. The highest BCUT2D eigenvalue weighted by Crippen LogP contribution is 2.34. The first kappa shape index (κ1) is 15.9. The third-order valence-electron chi connectivity index (χ3n) is 3.81. The van der Waals surface area contributed by atoms with Crippen LogP contribution in [0, 0.1) is 6.92 Å². The van der Waals surface area contributed by atoms with E-state index in [2.05, 4.69) is 44.4 Å². The topological polar surface area (TPSA) is 23.4 Å². The average molecular weight is 438 g/mol. The van der Waals surface area contributed by atoms with Crippen LogP contribution in [0.25, 0.3) is 10.9 Å². The van der Waals surface area contributed by atoms with E-state index in [4.69, 9.17) is 21.1 Å². The van der Waals surface area contributed by atoms with E-state index >= 15 is 0 Å². The third-order valence-corrected chi connectivity index (χ3v) is 5.87. The van der Waals surface area contributed by atoms with Gasteiger partial charge in [-0.3, -0.25) is 3.97 Å². The van der Waals surface area contributed by atoms with Gasteiger partial charge in [0.2, 0.25) is 0 Å². The van der Waals surface area contributed by atoms with Gasteiger partial charge in [0.25, 0.3) is 0 Å². The standard InChI is InChI=1S/C15H17ClINO2S/c1-10-8-13(16)12(9-20-14-4-2-3-7-19-14)11-5-6-18(21-17)15(10)11/h5-6,8,14H,2-4,7,9H2,1H3. The van der Waals surface area contributed by atoms with Gasteiger partial charge in [0.1, 0.15) is 0 Å². The number of ether oxygens (including phenoxy) is 2. The van der Waals surface area contributed by atoms with E-state index in [0.717, 1.165) is 30.0 Å². The van der Waals surface area contributed by atoms with Crippen LogP contribution in [0.3, 0.4) is 0 Å². The first-order valence-electron chi connectivity index (χ1n) is 7.02. The molecule has 1 saturated heterocycles. The molecule has 0 bridgehead atoms. The molecule has 0 N–H and O–H groups in total. The summed E-state index contributed by atoms with van der Waals surface area (Å²) in [4.78, 5) is 0. The van der Waals surface area contributed by atoms with Crippen LogP contribution >= 0.6 is 41.9 Å². The molecule has 1 aliphatic rings. The molecule has 0 spiro atoms. The number of fused-ring (bicyclic) bond motifs is 1. The predicted molar refractivity (Wildman–Crippen MR) is 97.1 cm³/mol. The Labute approximate surface area is 146 Å². The molecule has 3 nitrogen and oxygen atoms in total. The number of aromatic nitrogens is 1. The highest BCUT2D eigenvalue weighted by molar-refractivity contribution is 14.2. The zero-order chi connectivity index (χ0) is 14.8. The van der Waals surface area contributed by atoms with Crippen molar-refractivity contribution in [2.75, 3.05) is 6.61 Å². The van der Waals surface area contributed by atoms with E-state index < -0.39 is 0 Å². The van der Waals surface area contributed by atoms with Gasteiger partial charge < -0.3 is 9.47 Å². The zero-order valence-corrected chi connectivity index (χ0v) is 15.5. The van der Waals surface area contributed by atoms with E-state index in [1.807, 2.05) is 6.07 Å². The molecule has 21 heavy (non-hydrogen) atoms. The van der Waals surface area contributed by atoms with Gasteiger partial charge in [-0.25, -0.2) is 0 Å². The van der Waals surface area contributed by atoms with Crippen LogP contribution in [0.2, 0.25) is 5.02 Å². The van der Waals surface area contributed by atoms with Gasteiger partial charge in [0.15, 0.2) is 6.29 Å². The second-order valence-corrected chi connectivity index (χ2v) is 7.35. The third kappa shape index (κ3) is 3.37. The molecule has 0 saturated carbocycles. The van der Waals surface area contributed by atoms with Gasteiger partial charge in [-0.05, 0) is 43.9 Å². The van der Waals surface area contributed by atoms with Crippen LogP contribution in [-0.2, 0) is 16.1 Å². The summed E-state index contributed by atoms with van der Waals surface area (Å²) < 4.78 is 13.7. The zero-order valence-electron chi connectivity index (χ0n) is 11.8. The molecular weight excluding hydrogens is 421 g/mol. The number of hydrogen-bond acceptors (Lipinski definition) is 3. The SMILES string of the molecule is Cc1cc(Cl)c(COC2CCCCO2)c2ccn(SI)c12. The molecule has 114 valence electrons. The highest BCUT2D eigenvalue weighted by Gasteiger charge is 2.17. The van der Waals surface area contributed by atoms with Crippen LogP contribution in [0.15, 0.2) is 18.3 Å². The Morgan fingerprint density at radius 3 is 3.10 bits per heavy atom. The maximum Gasteiger partial charge on any atom is 0.158 e. The Morgan fingerprint density at radius 2 is 2.38 bits per heavy atom. The number of benzene rings is 1. The van der Waals surface area contributed by atoms with Crippen molar-refractivity contribution in [3.8, 4) is 0 Å². The molecule has 2 aromatic rings. The molecular formula is C15H17ClINO2S. The maximum absolute atomic E-state index is 6.44. The van der Waals surface area contributed by atoms with Crippen molar-refractivity contribution in [2.45, 2.75) is 39.1 Å². The van der Waals surface area contributed by atoms with Gasteiger partial charge in [-0.1, -0.05) is 11.6 Å². The summed E-state index contributed by atoms with van der Waals surface area (Å²) >= 11 is 8.73. The lowest BCUT2D eigenvalue weighted by atomic mass is 10.1. The Kier molecular flexibility index (Phi) is 5.37. The lowest BCUT2D eigenvalue weighted by molar-refractivity contribution is -0.168. The van der Waals surface area contributed by atoms with Gasteiger partial charge in [0.05, 0.1) is 12.1 Å². The molecule has 1 aliphatic heterocycles. The lowest BCUT2D eigenvalue weighted by Crippen LogP contribution is -2.22. The Morgan fingerprint density at radius 1 is 1.52 bits per heavy atom. The van der Waals surface area contributed by atoms with Gasteiger partial charge >= 0.3 is 0 Å². The molecule has 1 atom stereocenters. The molecule has 1 fully saturated rings. The Hall–Kier alpha value is 0.0500. The van der Waals surface area contributed by atoms with E-state index in [0.29, 0.717) is 6.61 Å². The summed E-state index contributed by atoms with van der Waals surface area (Å²) in [6, 6.07) is 4.13. The second kappa shape index (κ2) is 7.08. The molecule has 0 aliphatic carbocycles. The van der Waals surface area contributed by atoms with Crippen molar-refractivity contribution in [2.24, 2.45) is 0 Å². The Bertz CT molecular complexity index is 640. The van der Waals surface area contributed by atoms with Crippen LogP contribution in [0.4, 0.5) is 0 Å². The molecule has 3 rings (SSSR count). The van der Waals surface area contributed by atoms with E-state index in [-0.39, 0.29) is 6.29 Å². The van der Waals surface area contributed by atoms with E-state index in [9.17, 15) is 0 Å². The number of hydrogen-bond donors (Lipinski definition) is 0. The van der Waals surface area contributed by atoms with Crippen molar-refractivity contribution in [1.82, 2.24) is 3.97 Å². The van der Waals surface area contributed by atoms with Crippen LogP contribution in [0.1, 0.15) is 30.4 Å². The molecule has 1 aromatic carbocycles. The Balaban J connectivity index is 1.88. The fourth-order valence-corrected chi connectivity index (χ4v) is 4.46. The minimum Gasteiger partial charge on any atom is -0.353 e. The lowest BCUT2D eigenvalue weighted by Gasteiger charge is -2.23. The van der Waals surface area contributed by atoms with Crippen molar-refractivity contribution in [1.29, 1.82) is 0 Å². The van der Waals surface area contributed by atoms with Crippen LogP contribution < -0.4 is 0 Å². The number of nitrogens with zero attached hydrogens (tertiary/aromatic N) is 1. The van der Waals surface area contributed by atoms with Crippen molar-refractivity contribution in [3.05, 3.63) is 34.5 Å². The predicted octanol–water partition coefficient (Wildman–Crippen LogP) is 5.49. The number of rotatable bonds is 4. The largest absolute Gasteiger partial charge is 0.353 e. The molecule has 2 heterocycles. The minimum atomic E-state index is -0.0906. The second-order valence-electron chi connectivity index (χ2n) is 5.23. The summed E-state index contributed by atoms with van der Waals surface area (Å²) in [6.07, 6.45) is 5.25. The fourth-order valence-electron chi connectivity index (χ4n) is 2.74. The molecule has 6 heteroatoms. The van der Waals surface area contributed by atoms with Crippen LogP contribution in [0.5, 0.6) is 0 Å². The summed E-state index contributed by atoms with van der Waals surface area (Å²) in [6.45, 7) is 3.38. The van der Waals surface area contributed by atoms with Gasteiger partial charge in [-0.15, -0.1) is 0 Å². The average Bonchev–Trinajstić information content (AvgIpc) is 2.92. The smallest absolute Gasteiger partial charge is 0.158 e. The molecule has 1 unspecified atom stereocenters. The summed E-state index contributed by atoms with van der Waals surface area (Å²) in [7, 11) is 1.66. The minimum absolute atomic E-state index is 0.0906. The summed E-state index contributed by atoms with van der Waals surface area (Å²) in [5, 5.41) is 1.94. The van der Waals surface area contributed by atoms with Crippen molar-refractivity contribution < 1.29 is 9.47 Å². The molecule has 0 radical (unpaired) electrons. The first-order valence-corrected chi connectivity index (χ1v) is 10.7. The number of aryl methyl sites for hydroxylation is 1. The fraction of sp³-hybridized carbons (Fsp3) is 0.467. The van der Waals surface area contributed by atoms with Crippen molar-refractivity contribution >= 4 is 52.8 Å². The van der Waals surface area contributed by atoms with Gasteiger partial charge in [-0.2, -0.15) is 0 Å². The number of halogens is 2. The maximum atomic E-state index is 6.44. The van der Waals surface area contributed by atoms with Crippen LogP contribution in [-0.4, -0.2) is 16.9 Å². The summed E-state index contributed by atoms with van der Waals surface area (Å²) in [5.74, 6) is 0. The van der Waals surface area contributed by atoms with E-state index in [1.54, 1.807) is 9.12 Å². The highest BCUT2D eigenvalue weighted by atomic mass is 127. The quantitative estimate of drug-likeness (QED) is 0.591. The molecule has 1 aromatic heterocycles. The molecule has 0 amide bonds. The van der Waals surface area contributed by atoms with Crippen molar-refractivity contribution in [3.63, 3.8) is 0 Å².